The van der Waals surface area contributed by atoms with Gasteiger partial charge in [-0.1, -0.05) is 54.6 Å². The van der Waals surface area contributed by atoms with Crippen LogP contribution in [0, 0.1) is 0 Å². The highest BCUT2D eigenvalue weighted by molar-refractivity contribution is 8.33. The molecule has 0 atom stereocenters. The molecular formula is C19H16F2O3S2. The van der Waals surface area contributed by atoms with E-state index in [4.69, 9.17) is 3.63 Å². The summed E-state index contributed by atoms with van der Waals surface area (Å²) < 4.78 is 56.0. The van der Waals surface area contributed by atoms with Gasteiger partial charge in [0.15, 0.2) is 0 Å². The van der Waals surface area contributed by atoms with E-state index in [1.54, 1.807) is 91.0 Å². The fourth-order valence-electron chi connectivity index (χ4n) is 2.53. The average Bonchev–Trinajstić information content (AvgIpc) is 2.68. The Labute approximate surface area is 152 Å². The van der Waals surface area contributed by atoms with Gasteiger partial charge in [-0.15, -0.1) is 0 Å². The highest BCUT2D eigenvalue weighted by Gasteiger charge is 2.40. The molecule has 0 heterocycles. The Morgan fingerprint density at radius 3 is 1.19 bits per heavy atom. The van der Waals surface area contributed by atoms with Gasteiger partial charge in [-0.25, -0.2) is 3.63 Å². The van der Waals surface area contributed by atoms with Crippen molar-refractivity contribution >= 4 is 20.4 Å². The third-order valence-corrected chi connectivity index (χ3v) is 8.46. The summed E-state index contributed by atoms with van der Waals surface area (Å²) in [6.45, 7) is 0. The SMILES string of the molecule is O=S(=O)(OS(c1ccccc1)(c1ccccc1)c1ccccc1)C(F)F. The predicted octanol–water partition coefficient (Wildman–Crippen LogP) is 5.45. The van der Waals surface area contributed by atoms with E-state index in [0.29, 0.717) is 14.7 Å². The highest BCUT2D eigenvalue weighted by atomic mass is 32.3. The monoisotopic (exact) mass is 394 g/mol. The summed E-state index contributed by atoms with van der Waals surface area (Å²) in [5.74, 6) is -3.63. The van der Waals surface area contributed by atoms with Gasteiger partial charge in [0.25, 0.3) is 0 Å². The molecule has 7 heteroatoms. The quantitative estimate of drug-likeness (QED) is 0.558. The van der Waals surface area contributed by atoms with Crippen LogP contribution in [-0.2, 0) is 13.7 Å². The Morgan fingerprint density at radius 1 is 0.615 bits per heavy atom. The molecule has 0 aliphatic heterocycles. The summed E-state index contributed by atoms with van der Waals surface area (Å²) in [4.78, 5) is 1.55. The van der Waals surface area contributed by atoms with E-state index < -0.39 is 26.2 Å². The maximum Gasteiger partial charge on any atom is 0.362 e. The molecule has 3 aromatic carbocycles. The molecule has 0 aliphatic rings. The van der Waals surface area contributed by atoms with E-state index in [1.807, 2.05) is 0 Å². The van der Waals surface area contributed by atoms with Crippen LogP contribution in [-0.4, -0.2) is 14.2 Å². The maximum absolute atomic E-state index is 13.2. The lowest BCUT2D eigenvalue weighted by atomic mass is 10.4. The van der Waals surface area contributed by atoms with Gasteiger partial charge in [-0.2, -0.15) is 17.2 Å². The van der Waals surface area contributed by atoms with Crippen LogP contribution in [0.15, 0.2) is 106 Å². The molecule has 0 saturated carbocycles. The van der Waals surface area contributed by atoms with E-state index in [-0.39, 0.29) is 0 Å². The minimum absolute atomic E-state index is 0.515. The first kappa shape index (κ1) is 18.6. The van der Waals surface area contributed by atoms with Gasteiger partial charge in [0.2, 0.25) is 0 Å². The molecule has 0 radical (unpaired) electrons. The Hall–Kier alpha value is -2.22. The average molecular weight is 394 g/mol. The number of hydrogen-bond acceptors (Lipinski definition) is 3. The number of halogens is 2. The molecule has 0 aliphatic carbocycles. The molecule has 0 fully saturated rings. The van der Waals surface area contributed by atoms with Crippen molar-refractivity contribution in [2.75, 3.05) is 0 Å². The third kappa shape index (κ3) is 3.51. The second kappa shape index (κ2) is 7.57. The summed E-state index contributed by atoms with van der Waals surface area (Å²) >= 11 is 0. The van der Waals surface area contributed by atoms with Crippen LogP contribution in [0.3, 0.4) is 0 Å². The first-order chi connectivity index (χ1) is 12.5. The van der Waals surface area contributed by atoms with Gasteiger partial charge in [0, 0.05) is 14.7 Å². The first-order valence-electron chi connectivity index (χ1n) is 7.68. The van der Waals surface area contributed by atoms with E-state index in [0.717, 1.165) is 0 Å². The van der Waals surface area contributed by atoms with Gasteiger partial charge < -0.3 is 0 Å². The van der Waals surface area contributed by atoms with Gasteiger partial charge in [0.05, 0.1) is 0 Å². The minimum Gasteiger partial charge on any atom is -0.202 e. The van der Waals surface area contributed by atoms with Crippen molar-refractivity contribution in [1.82, 2.24) is 0 Å². The largest absolute Gasteiger partial charge is 0.362 e. The van der Waals surface area contributed by atoms with Crippen molar-refractivity contribution in [3.8, 4) is 0 Å². The van der Waals surface area contributed by atoms with Crippen molar-refractivity contribution < 1.29 is 20.8 Å². The Morgan fingerprint density at radius 2 is 0.923 bits per heavy atom. The van der Waals surface area contributed by atoms with E-state index in [2.05, 4.69) is 0 Å². The smallest absolute Gasteiger partial charge is 0.202 e. The molecule has 0 unspecified atom stereocenters. The van der Waals surface area contributed by atoms with Crippen LogP contribution in [0.2, 0.25) is 0 Å². The van der Waals surface area contributed by atoms with E-state index >= 15 is 0 Å². The summed E-state index contributed by atoms with van der Waals surface area (Å²) in [7, 11) is -8.00. The van der Waals surface area contributed by atoms with Crippen molar-refractivity contribution in [1.29, 1.82) is 0 Å². The predicted molar refractivity (Wildman–Crippen MR) is 97.7 cm³/mol. The van der Waals surface area contributed by atoms with Gasteiger partial charge in [0.1, 0.15) is 0 Å². The summed E-state index contributed by atoms with van der Waals surface area (Å²) in [6.07, 6.45) is 0. The zero-order valence-electron chi connectivity index (χ0n) is 13.5. The zero-order valence-corrected chi connectivity index (χ0v) is 15.2. The number of benzene rings is 3. The van der Waals surface area contributed by atoms with E-state index in [9.17, 15) is 17.2 Å². The molecule has 0 spiro atoms. The van der Waals surface area contributed by atoms with E-state index in [1.165, 1.54) is 0 Å². The molecule has 3 aromatic rings. The topological polar surface area (TPSA) is 43.4 Å². The highest BCUT2D eigenvalue weighted by Crippen LogP contribution is 2.70. The Bertz CT molecular complexity index is 851. The molecule has 136 valence electrons. The summed E-state index contributed by atoms with van der Waals surface area (Å²) in [5.41, 5.74) is 0. The molecule has 0 amide bonds. The normalized spacial score (nSPS) is 12.9. The lowest BCUT2D eigenvalue weighted by Crippen LogP contribution is -2.19. The van der Waals surface area contributed by atoms with Gasteiger partial charge in [-0.3, -0.25) is 0 Å². The molecule has 3 nitrogen and oxygen atoms in total. The second-order valence-electron chi connectivity index (χ2n) is 5.32. The lowest BCUT2D eigenvalue weighted by Gasteiger charge is -2.39. The zero-order chi connectivity index (χ0) is 18.6. The number of rotatable bonds is 6. The standard InChI is InChI=1S/C19H16F2O3S2/c20-19(21)26(22,23)24-25(16-10-4-1-5-11-16,17-12-6-2-7-13-17)18-14-8-3-9-15-18/h1-15,19H. The van der Waals surface area contributed by atoms with Crippen LogP contribution >= 0.6 is 10.3 Å². The molecule has 0 bridgehead atoms. The Balaban J connectivity index is 2.36. The fraction of sp³-hybridized carbons (Fsp3) is 0.0526. The first-order valence-corrected chi connectivity index (χ1v) is 10.7. The van der Waals surface area contributed by atoms with Crippen LogP contribution < -0.4 is 0 Å². The Kier molecular flexibility index (Phi) is 5.41. The maximum atomic E-state index is 13.2. The van der Waals surface area contributed by atoms with Gasteiger partial charge in [-0.05, 0) is 46.7 Å². The van der Waals surface area contributed by atoms with Crippen molar-refractivity contribution in [2.45, 2.75) is 20.4 Å². The van der Waals surface area contributed by atoms with Crippen LogP contribution in [0.4, 0.5) is 8.78 Å². The number of hydrogen-bond donors (Lipinski definition) is 0. The summed E-state index contributed by atoms with van der Waals surface area (Å²) in [6, 6.07) is 25.8. The molecule has 0 saturated heterocycles. The molecule has 26 heavy (non-hydrogen) atoms. The molecule has 3 rings (SSSR count). The third-order valence-electron chi connectivity index (χ3n) is 3.64. The van der Waals surface area contributed by atoms with Gasteiger partial charge >= 0.3 is 15.9 Å². The van der Waals surface area contributed by atoms with Crippen LogP contribution in [0.1, 0.15) is 0 Å². The summed E-state index contributed by atoms with van der Waals surface area (Å²) in [5, 5.41) is 0. The minimum atomic E-state index is -5.10. The molecule has 0 N–H and O–H groups in total. The van der Waals surface area contributed by atoms with Crippen molar-refractivity contribution in [2.24, 2.45) is 0 Å². The molecule has 0 aromatic heterocycles. The van der Waals surface area contributed by atoms with Crippen molar-refractivity contribution in [3.05, 3.63) is 91.0 Å². The molecular weight excluding hydrogens is 378 g/mol. The number of alkyl halides is 2. The fourth-order valence-corrected chi connectivity index (χ4v) is 7.29. The van der Waals surface area contributed by atoms with Crippen molar-refractivity contribution in [3.63, 3.8) is 0 Å². The lowest BCUT2D eigenvalue weighted by molar-refractivity contribution is 0.221. The van der Waals surface area contributed by atoms with Crippen LogP contribution in [0.25, 0.3) is 0 Å². The van der Waals surface area contributed by atoms with Crippen LogP contribution in [0.5, 0.6) is 0 Å². The second-order valence-corrected chi connectivity index (χ2v) is 9.73.